The lowest BCUT2D eigenvalue weighted by Gasteiger charge is -2.29. The second-order valence-electron chi connectivity index (χ2n) is 2.93. The van der Waals surface area contributed by atoms with Crippen LogP contribution in [0.3, 0.4) is 0 Å². The van der Waals surface area contributed by atoms with Gasteiger partial charge in [-0.1, -0.05) is 18.2 Å². The van der Waals surface area contributed by atoms with Crippen LogP contribution in [0.25, 0.3) is 0 Å². The highest BCUT2D eigenvalue weighted by Gasteiger charge is 2.39. The molecule has 0 radical (unpaired) electrons. The summed E-state index contributed by atoms with van der Waals surface area (Å²) in [6.07, 6.45) is 5.48. The highest BCUT2D eigenvalue weighted by Crippen LogP contribution is 2.56. The Morgan fingerprint density at radius 3 is 3.15 bits per heavy atom. The third-order valence-electron chi connectivity index (χ3n) is 1.94. The Bertz CT molecular complexity index is 286. The van der Waals surface area contributed by atoms with Gasteiger partial charge in [0.2, 0.25) is 0 Å². The molecule has 2 aliphatic heterocycles. The molecule has 2 aliphatic rings. The molecule has 3 atom stereocenters. The molecule has 4 nitrogen and oxygen atoms in total. The Morgan fingerprint density at radius 1 is 1.54 bits per heavy atom. The second kappa shape index (κ2) is 3.39. The summed E-state index contributed by atoms with van der Waals surface area (Å²) in [5, 5.41) is 0. The van der Waals surface area contributed by atoms with Crippen LogP contribution in [0.5, 0.6) is 0 Å². The molecule has 72 valence electrons. The molecule has 1 saturated heterocycles. The van der Waals surface area contributed by atoms with Crippen LogP contribution < -0.4 is 0 Å². The molecular weight excluding hydrogens is 191 g/mol. The zero-order chi connectivity index (χ0) is 9.31. The van der Waals surface area contributed by atoms with Gasteiger partial charge in [-0.2, -0.15) is 0 Å². The smallest absolute Gasteiger partial charge is 0.283 e. The molecule has 0 spiro atoms. The van der Waals surface area contributed by atoms with Gasteiger partial charge in [0.1, 0.15) is 0 Å². The van der Waals surface area contributed by atoms with E-state index in [9.17, 15) is 4.57 Å². The minimum Gasteiger partial charge on any atom is -0.283 e. The van der Waals surface area contributed by atoms with Gasteiger partial charge >= 0.3 is 7.82 Å². The van der Waals surface area contributed by atoms with E-state index >= 15 is 0 Å². The van der Waals surface area contributed by atoms with E-state index in [1.807, 2.05) is 6.08 Å². The zero-order valence-corrected chi connectivity index (χ0v) is 7.98. The van der Waals surface area contributed by atoms with Crippen molar-refractivity contribution < 1.29 is 18.1 Å². The first-order chi connectivity index (χ1) is 6.22. The van der Waals surface area contributed by atoms with Crippen LogP contribution in [0.4, 0.5) is 0 Å². The van der Waals surface area contributed by atoms with Crippen LogP contribution in [0.15, 0.2) is 24.8 Å². The molecular formula is C8H11O4P. The summed E-state index contributed by atoms with van der Waals surface area (Å²) in [6, 6.07) is 0. The molecule has 0 aromatic carbocycles. The SMILES string of the molecule is C=CC1C[C@@H]2C=CCO[P@@](=O)(O1)O2. The molecule has 13 heavy (non-hydrogen) atoms. The third-order valence-corrected chi connectivity index (χ3v) is 3.46. The second-order valence-corrected chi connectivity index (χ2v) is 4.50. The van der Waals surface area contributed by atoms with Crippen LogP contribution in [0, 0.1) is 0 Å². The fourth-order valence-electron chi connectivity index (χ4n) is 1.33. The van der Waals surface area contributed by atoms with Gasteiger partial charge in [0.15, 0.2) is 0 Å². The van der Waals surface area contributed by atoms with Crippen molar-refractivity contribution in [3.63, 3.8) is 0 Å². The highest BCUT2D eigenvalue weighted by atomic mass is 31.2. The lowest BCUT2D eigenvalue weighted by atomic mass is 10.1. The van der Waals surface area contributed by atoms with Gasteiger partial charge in [0.05, 0.1) is 18.8 Å². The minimum absolute atomic E-state index is 0.176. The maximum Gasteiger partial charge on any atom is 0.476 e. The van der Waals surface area contributed by atoms with E-state index < -0.39 is 7.82 Å². The average Bonchev–Trinajstić information content (AvgIpc) is 2.23. The van der Waals surface area contributed by atoms with Crippen LogP contribution in [0.1, 0.15) is 6.42 Å². The van der Waals surface area contributed by atoms with Gasteiger partial charge in [-0.15, -0.1) is 6.58 Å². The van der Waals surface area contributed by atoms with E-state index in [0.29, 0.717) is 6.42 Å². The molecule has 2 bridgehead atoms. The van der Waals surface area contributed by atoms with Gasteiger partial charge in [-0.3, -0.25) is 13.6 Å². The van der Waals surface area contributed by atoms with Gasteiger partial charge in [0.25, 0.3) is 0 Å². The monoisotopic (exact) mass is 202 g/mol. The summed E-state index contributed by atoms with van der Waals surface area (Å²) < 4.78 is 26.9. The van der Waals surface area contributed by atoms with Crippen LogP contribution in [-0.2, 0) is 18.1 Å². The maximum atomic E-state index is 11.7. The maximum absolute atomic E-state index is 11.7. The fourth-order valence-corrected chi connectivity index (χ4v) is 2.76. The Kier molecular flexibility index (Phi) is 2.39. The zero-order valence-electron chi connectivity index (χ0n) is 7.09. The van der Waals surface area contributed by atoms with E-state index in [2.05, 4.69) is 6.58 Å². The van der Waals surface area contributed by atoms with Gasteiger partial charge in [-0.05, 0) is 0 Å². The summed E-state index contributed by atoms with van der Waals surface area (Å²) >= 11 is 0. The van der Waals surface area contributed by atoms with Gasteiger partial charge < -0.3 is 0 Å². The Labute approximate surface area is 76.8 Å². The van der Waals surface area contributed by atoms with Crippen molar-refractivity contribution in [3.8, 4) is 0 Å². The van der Waals surface area contributed by atoms with Crippen molar-refractivity contribution in [2.75, 3.05) is 6.61 Å². The summed E-state index contributed by atoms with van der Waals surface area (Å²) in [4.78, 5) is 0. The topological polar surface area (TPSA) is 44.8 Å². The Balaban J connectivity index is 2.22. The van der Waals surface area contributed by atoms with Crippen molar-refractivity contribution in [3.05, 3.63) is 24.8 Å². The molecule has 0 N–H and O–H groups in total. The van der Waals surface area contributed by atoms with E-state index in [0.717, 1.165) is 0 Å². The van der Waals surface area contributed by atoms with E-state index in [4.69, 9.17) is 13.6 Å². The lowest BCUT2D eigenvalue weighted by Crippen LogP contribution is -2.25. The molecule has 1 fully saturated rings. The van der Waals surface area contributed by atoms with E-state index in [1.54, 1.807) is 12.2 Å². The molecule has 0 amide bonds. The predicted octanol–water partition coefficient (Wildman–Crippen LogP) is 2.04. The lowest BCUT2D eigenvalue weighted by molar-refractivity contribution is 0.0318. The largest absolute Gasteiger partial charge is 0.476 e. The van der Waals surface area contributed by atoms with Gasteiger partial charge in [-0.25, -0.2) is 4.57 Å². The Morgan fingerprint density at radius 2 is 2.38 bits per heavy atom. The third kappa shape index (κ3) is 1.92. The highest BCUT2D eigenvalue weighted by molar-refractivity contribution is 7.48. The van der Waals surface area contributed by atoms with Crippen molar-refractivity contribution in [2.45, 2.75) is 18.6 Å². The minimum atomic E-state index is -3.31. The number of hydrogen-bond donors (Lipinski definition) is 0. The summed E-state index contributed by atoms with van der Waals surface area (Å²) in [6.45, 7) is 3.87. The number of phosphoric ester groups is 1. The molecule has 2 heterocycles. The average molecular weight is 202 g/mol. The van der Waals surface area contributed by atoms with E-state index in [1.165, 1.54) is 0 Å². The first kappa shape index (κ1) is 9.16. The van der Waals surface area contributed by atoms with Crippen LogP contribution in [0.2, 0.25) is 0 Å². The first-order valence-corrected chi connectivity index (χ1v) is 5.58. The van der Waals surface area contributed by atoms with Gasteiger partial charge in [0, 0.05) is 6.42 Å². The standard InChI is InChI=1S/C8H11O4P/c1-2-7-6-8-4-3-5-10-13(9,11-7)12-8/h2-4,7-8H,1,5-6H2/t7?,8-,13-/m0/s1. The van der Waals surface area contributed by atoms with Crippen molar-refractivity contribution in [1.29, 1.82) is 0 Å². The molecule has 0 aromatic heterocycles. The molecule has 0 aliphatic carbocycles. The van der Waals surface area contributed by atoms with E-state index in [-0.39, 0.29) is 18.8 Å². The predicted molar refractivity (Wildman–Crippen MR) is 47.3 cm³/mol. The molecule has 0 aromatic rings. The normalized spacial score (nSPS) is 44.0. The first-order valence-electron chi connectivity index (χ1n) is 4.12. The number of phosphoric acid groups is 1. The molecule has 0 saturated carbocycles. The van der Waals surface area contributed by atoms with Crippen molar-refractivity contribution in [1.82, 2.24) is 0 Å². The number of hydrogen-bond acceptors (Lipinski definition) is 4. The molecule has 5 heteroatoms. The number of fused-ring (bicyclic) bond motifs is 2. The fraction of sp³-hybridized carbons (Fsp3) is 0.500. The number of rotatable bonds is 1. The Hall–Kier alpha value is -0.410. The summed E-state index contributed by atoms with van der Waals surface area (Å²) in [7, 11) is -3.31. The van der Waals surface area contributed by atoms with Crippen molar-refractivity contribution in [2.24, 2.45) is 0 Å². The van der Waals surface area contributed by atoms with Crippen LogP contribution in [-0.4, -0.2) is 18.8 Å². The van der Waals surface area contributed by atoms with Crippen molar-refractivity contribution >= 4 is 7.82 Å². The molecule has 2 rings (SSSR count). The summed E-state index contributed by atoms with van der Waals surface area (Å²) in [5.74, 6) is 0. The molecule has 1 unspecified atom stereocenters. The van der Waals surface area contributed by atoms with Crippen LogP contribution >= 0.6 is 7.82 Å². The summed E-state index contributed by atoms with van der Waals surface area (Å²) in [5.41, 5.74) is 0. The quantitative estimate of drug-likeness (QED) is 0.482.